The standard InChI is InChI=1S/C16H10N2O5S/c17-7-11(14(18)24)6-12-1-2-13(23-12)8-3-9(15(19)20)5-10(4-8)16(21)22/h1-6H,(H2,18,24)(H,19,20)(H,21,22)/b11-6+. The number of nitrogens with zero attached hydrogens (tertiary/aromatic N) is 1. The second kappa shape index (κ2) is 6.76. The highest BCUT2D eigenvalue weighted by Gasteiger charge is 2.14. The molecule has 1 heterocycles. The third kappa shape index (κ3) is 3.66. The zero-order chi connectivity index (χ0) is 17.9. The van der Waals surface area contributed by atoms with Gasteiger partial charge in [0, 0.05) is 11.6 Å². The van der Waals surface area contributed by atoms with Crippen molar-refractivity contribution in [1.29, 1.82) is 5.26 Å². The summed E-state index contributed by atoms with van der Waals surface area (Å²) in [5.41, 5.74) is 5.36. The van der Waals surface area contributed by atoms with Gasteiger partial charge in [0.1, 0.15) is 22.6 Å². The zero-order valence-electron chi connectivity index (χ0n) is 12.0. The fraction of sp³-hybridized carbons (Fsp3) is 0. The van der Waals surface area contributed by atoms with Gasteiger partial charge >= 0.3 is 11.9 Å². The van der Waals surface area contributed by atoms with E-state index >= 15 is 0 Å². The van der Waals surface area contributed by atoms with Gasteiger partial charge in [-0.2, -0.15) is 5.26 Å². The van der Waals surface area contributed by atoms with Gasteiger partial charge in [-0.3, -0.25) is 0 Å². The number of benzene rings is 1. The molecule has 2 aromatic rings. The summed E-state index contributed by atoms with van der Waals surface area (Å²) in [7, 11) is 0. The molecule has 0 aliphatic carbocycles. The van der Waals surface area contributed by atoms with E-state index in [9.17, 15) is 9.59 Å². The Morgan fingerprint density at radius 2 is 1.75 bits per heavy atom. The minimum absolute atomic E-state index is 0.0522. The summed E-state index contributed by atoms with van der Waals surface area (Å²) in [6.07, 6.45) is 1.34. The van der Waals surface area contributed by atoms with Crippen LogP contribution in [0.2, 0.25) is 0 Å². The number of aromatic carboxylic acids is 2. The molecule has 1 aromatic carbocycles. The Morgan fingerprint density at radius 3 is 2.21 bits per heavy atom. The van der Waals surface area contributed by atoms with Crippen LogP contribution in [0.25, 0.3) is 17.4 Å². The molecule has 0 spiro atoms. The van der Waals surface area contributed by atoms with E-state index in [1.165, 1.54) is 30.3 Å². The van der Waals surface area contributed by atoms with Gasteiger partial charge in [-0.25, -0.2) is 9.59 Å². The van der Waals surface area contributed by atoms with Gasteiger partial charge in [0.25, 0.3) is 0 Å². The molecule has 0 fully saturated rings. The molecular formula is C16H10N2O5S. The first-order chi connectivity index (χ1) is 11.3. The summed E-state index contributed by atoms with van der Waals surface area (Å²) in [6, 6.07) is 8.51. The smallest absolute Gasteiger partial charge is 0.335 e. The van der Waals surface area contributed by atoms with Crippen LogP contribution in [0.5, 0.6) is 0 Å². The predicted octanol–water partition coefficient (Wildman–Crippen LogP) is 2.54. The van der Waals surface area contributed by atoms with Crippen molar-refractivity contribution in [3.8, 4) is 17.4 Å². The van der Waals surface area contributed by atoms with Crippen LogP contribution in [0.3, 0.4) is 0 Å². The third-order valence-corrected chi connectivity index (χ3v) is 3.23. The average molecular weight is 342 g/mol. The molecule has 0 bridgehead atoms. The molecule has 7 nitrogen and oxygen atoms in total. The maximum Gasteiger partial charge on any atom is 0.335 e. The van der Waals surface area contributed by atoms with Crippen molar-refractivity contribution < 1.29 is 24.2 Å². The summed E-state index contributed by atoms with van der Waals surface area (Å²) in [5, 5.41) is 27.1. The van der Waals surface area contributed by atoms with Gasteiger partial charge < -0.3 is 20.4 Å². The van der Waals surface area contributed by atoms with Crippen LogP contribution in [0.1, 0.15) is 26.5 Å². The molecule has 0 unspecified atom stereocenters. The minimum Gasteiger partial charge on any atom is -0.478 e. The second-order valence-electron chi connectivity index (χ2n) is 4.65. The molecule has 0 saturated heterocycles. The fourth-order valence-corrected chi connectivity index (χ4v) is 2.01. The molecule has 2 rings (SSSR count). The lowest BCUT2D eigenvalue weighted by Gasteiger charge is -2.03. The Labute approximate surface area is 141 Å². The molecule has 24 heavy (non-hydrogen) atoms. The lowest BCUT2D eigenvalue weighted by atomic mass is 10.0. The van der Waals surface area contributed by atoms with Crippen molar-refractivity contribution in [2.45, 2.75) is 0 Å². The number of nitrogens with two attached hydrogens (primary N) is 1. The number of nitriles is 1. The van der Waals surface area contributed by atoms with E-state index in [0.29, 0.717) is 0 Å². The topological polar surface area (TPSA) is 138 Å². The molecular weight excluding hydrogens is 332 g/mol. The number of rotatable bonds is 5. The van der Waals surface area contributed by atoms with E-state index in [0.717, 1.165) is 6.07 Å². The van der Waals surface area contributed by atoms with E-state index in [4.69, 9.17) is 37.8 Å². The normalized spacial score (nSPS) is 10.9. The number of carbonyl (C=O) groups is 2. The third-order valence-electron chi connectivity index (χ3n) is 3.01. The average Bonchev–Trinajstić information content (AvgIpc) is 3.00. The van der Waals surface area contributed by atoms with Crippen molar-refractivity contribution >= 4 is 35.2 Å². The highest BCUT2D eigenvalue weighted by molar-refractivity contribution is 7.80. The lowest BCUT2D eigenvalue weighted by Crippen LogP contribution is -2.09. The molecule has 0 saturated carbocycles. The van der Waals surface area contributed by atoms with Gasteiger partial charge in [-0.15, -0.1) is 0 Å². The van der Waals surface area contributed by atoms with Crippen molar-refractivity contribution in [2.24, 2.45) is 5.73 Å². The first-order valence-corrected chi connectivity index (χ1v) is 6.86. The Balaban J connectivity index is 2.50. The van der Waals surface area contributed by atoms with Gasteiger partial charge in [-0.05, 0) is 30.3 Å². The number of hydrogen-bond acceptors (Lipinski definition) is 5. The molecule has 120 valence electrons. The highest BCUT2D eigenvalue weighted by atomic mass is 32.1. The van der Waals surface area contributed by atoms with Crippen molar-refractivity contribution in [1.82, 2.24) is 0 Å². The SMILES string of the molecule is N#C/C(=C\c1ccc(-c2cc(C(=O)O)cc(C(=O)O)c2)o1)C(N)=S. The Bertz CT molecular complexity index is 889. The molecule has 4 N–H and O–H groups in total. The van der Waals surface area contributed by atoms with Crippen LogP contribution in [0, 0.1) is 11.3 Å². The number of carboxylic acids is 2. The quantitative estimate of drug-likeness (QED) is 0.428. The highest BCUT2D eigenvalue weighted by Crippen LogP contribution is 2.26. The van der Waals surface area contributed by atoms with Gasteiger partial charge in [0.15, 0.2) is 0 Å². The van der Waals surface area contributed by atoms with E-state index < -0.39 is 11.9 Å². The summed E-state index contributed by atoms with van der Waals surface area (Å²) in [6.45, 7) is 0. The van der Waals surface area contributed by atoms with Gasteiger partial charge in [0.05, 0.1) is 16.7 Å². The lowest BCUT2D eigenvalue weighted by molar-refractivity contribution is 0.0696. The van der Waals surface area contributed by atoms with Crippen molar-refractivity contribution in [2.75, 3.05) is 0 Å². The van der Waals surface area contributed by atoms with Crippen LogP contribution < -0.4 is 5.73 Å². The summed E-state index contributed by atoms with van der Waals surface area (Å²) in [4.78, 5) is 22.2. The summed E-state index contributed by atoms with van der Waals surface area (Å²) in [5.74, 6) is -2.00. The van der Waals surface area contributed by atoms with Crippen molar-refractivity contribution in [3.63, 3.8) is 0 Å². The minimum atomic E-state index is -1.26. The second-order valence-corrected chi connectivity index (χ2v) is 5.09. The van der Waals surface area contributed by atoms with E-state index in [-0.39, 0.29) is 38.8 Å². The molecule has 0 atom stereocenters. The predicted molar refractivity (Wildman–Crippen MR) is 88.4 cm³/mol. The molecule has 8 heteroatoms. The molecule has 0 aliphatic heterocycles. The monoisotopic (exact) mass is 342 g/mol. The molecule has 0 aliphatic rings. The number of hydrogen-bond donors (Lipinski definition) is 3. The van der Waals surface area contributed by atoms with E-state index in [2.05, 4.69) is 0 Å². The van der Waals surface area contributed by atoms with Crippen LogP contribution in [-0.4, -0.2) is 27.1 Å². The largest absolute Gasteiger partial charge is 0.478 e. The summed E-state index contributed by atoms with van der Waals surface area (Å²) < 4.78 is 5.49. The Kier molecular flexibility index (Phi) is 4.77. The number of thiocarbonyl (C=S) groups is 1. The summed E-state index contributed by atoms with van der Waals surface area (Å²) >= 11 is 4.72. The number of furan rings is 1. The Hall–Kier alpha value is -3.44. The Morgan fingerprint density at radius 1 is 1.17 bits per heavy atom. The van der Waals surface area contributed by atoms with Crippen molar-refractivity contribution in [3.05, 3.63) is 52.8 Å². The van der Waals surface area contributed by atoms with Crippen LogP contribution in [0.4, 0.5) is 0 Å². The van der Waals surface area contributed by atoms with Gasteiger partial charge in [0.2, 0.25) is 0 Å². The first-order valence-electron chi connectivity index (χ1n) is 6.45. The van der Waals surface area contributed by atoms with E-state index in [1.54, 1.807) is 0 Å². The maximum absolute atomic E-state index is 11.1. The van der Waals surface area contributed by atoms with Gasteiger partial charge in [-0.1, -0.05) is 12.2 Å². The number of carboxylic acid groups (broad SMARTS) is 2. The van der Waals surface area contributed by atoms with Crippen LogP contribution in [0.15, 0.2) is 40.3 Å². The first kappa shape index (κ1) is 16.9. The fourth-order valence-electron chi connectivity index (χ4n) is 1.90. The van der Waals surface area contributed by atoms with E-state index in [1.807, 2.05) is 6.07 Å². The molecule has 0 radical (unpaired) electrons. The van der Waals surface area contributed by atoms with Crippen LogP contribution >= 0.6 is 12.2 Å². The molecule has 1 aromatic heterocycles. The van der Waals surface area contributed by atoms with Crippen LogP contribution in [-0.2, 0) is 0 Å². The molecule has 0 amide bonds. The maximum atomic E-state index is 11.1. The zero-order valence-corrected chi connectivity index (χ0v) is 12.8.